The third-order valence-electron chi connectivity index (χ3n) is 6.68. The zero-order valence-corrected chi connectivity index (χ0v) is 18.8. The molecule has 1 saturated heterocycles. The maximum Gasteiger partial charge on any atom is 0.243 e. The number of rotatable bonds is 5. The standard InChI is InChI=1S/C22H33N3O4S/c1-24-11-10-19(23-24)17-14-20(29-2)22(16-6-4-3-5-7-16)21(15-17)30(27,28)25-12-8-18(26)9-13-25/h14-16,18,26H,3-13H2,1-2H3. The molecule has 30 heavy (non-hydrogen) atoms. The Morgan fingerprint density at radius 3 is 2.37 bits per heavy atom. The van der Waals surface area contributed by atoms with Crippen LogP contribution in [0.15, 0.2) is 22.1 Å². The van der Waals surface area contributed by atoms with Crippen LogP contribution in [0.5, 0.6) is 5.75 Å². The molecule has 1 aromatic carbocycles. The lowest BCUT2D eigenvalue weighted by Crippen LogP contribution is -2.40. The number of nitrogens with zero attached hydrogens (tertiary/aromatic N) is 3. The van der Waals surface area contributed by atoms with Gasteiger partial charge in [-0.1, -0.05) is 19.3 Å². The van der Waals surface area contributed by atoms with Gasteiger partial charge in [-0.3, -0.25) is 5.01 Å². The predicted octanol–water partition coefficient (Wildman–Crippen LogP) is 2.93. The van der Waals surface area contributed by atoms with Gasteiger partial charge >= 0.3 is 0 Å². The molecule has 0 unspecified atom stereocenters. The van der Waals surface area contributed by atoms with Crippen molar-refractivity contribution >= 4 is 15.7 Å². The van der Waals surface area contributed by atoms with Crippen LogP contribution < -0.4 is 4.74 Å². The smallest absolute Gasteiger partial charge is 0.243 e. The van der Waals surface area contributed by atoms with E-state index in [1.807, 2.05) is 24.2 Å². The zero-order valence-electron chi connectivity index (χ0n) is 18.0. The molecule has 166 valence electrons. The van der Waals surface area contributed by atoms with Gasteiger partial charge in [-0.05, 0) is 43.7 Å². The van der Waals surface area contributed by atoms with Crippen molar-refractivity contribution in [2.45, 2.75) is 68.3 Å². The third kappa shape index (κ3) is 4.22. The molecule has 1 N–H and O–H groups in total. The number of benzene rings is 1. The highest BCUT2D eigenvalue weighted by molar-refractivity contribution is 7.89. The van der Waals surface area contributed by atoms with E-state index in [0.717, 1.165) is 55.5 Å². The Labute approximate surface area is 179 Å². The summed E-state index contributed by atoms with van der Waals surface area (Å²) >= 11 is 0. The van der Waals surface area contributed by atoms with Crippen molar-refractivity contribution in [3.8, 4) is 5.75 Å². The van der Waals surface area contributed by atoms with E-state index < -0.39 is 16.1 Å². The van der Waals surface area contributed by atoms with Crippen molar-refractivity contribution in [2.75, 3.05) is 33.8 Å². The van der Waals surface area contributed by atoms with E-state index in [4.69, 9.17) is 4.74 Å². The van der Waals surface area contributed by atoms with E-state index >= 15 is 0 Å². The highest BCUT2D eigenvalue weighted by atomic mass is 32.2. The van der Waals surface area contributed by atoms with Crippen LogP contribution in [0.3, 0.4) is 0 Å². The lowest BCUT2D eigenvalue weighted by molar-refractivity contribution is 0.113. The van der Waals surface area contributed by atoms with Crippen LogP contribution >= 0.6 is 0 Å². The van der Waals surface area contributed by atoms with Crippen LogP contribution in [0.1, 0.15) is 68.4 Å². The molecule has 0 amide bonds. The first-order chi connectivity index (χ1) is 14.4. The largest absolute Gasteiger partial charge is 0.496 e. The molecule has 4 rings (SSSR count). The van der Waals surface area contributed by atoms with Gasteiger partial charge in [0.1, 0.15) is 5.75 Å². The molecule has 2 aliphatic heterocycles. The van der Waals surface area contributed by atoms with Crippen LogP contribution in [-0.4, -0.2) is 68.4 Å². The summed E-state index contributed by atoms with van der Waals surface area (Å²) in [4.78, 5) is 0.373. The monoisotopic (exact) mass is 435 g/mol. The lowest BCUT2D eigenvalue weighted by atomic mass is 9.83. The van der Waals surface area contributed by atoms with Crippen LogP contribution in [0.4, 0.5) is 0 Å². The number of ether oxygens (including phenoxy) is 1. The Kier molecular flexibility index (Phi) is 6.36. The average Bonchev–Trinajstić information content (AvgIpc) is 3.20. The maximum absolute atomic E-state index is 13.8. The molecule has 2 fully saturated rings. The molecule has 0 radical (unpaired) electrons. The van der Waals surface area contributed by atoms with E-state index in [0.29, 0.717) is 36.6 Å². The number of methoxy groups -OCH3 is 1. The normalized spacial score (nSPS) is 22.4. The van der Waals surface area contributed by atoms with Crippen LogP contribution in [0.25, 0.3) is 0 Å². The van der Waals surface area contributed by atoms with Crippen molar-refractivity contribution in [3.05, 3.63) is 23.3 Å². The second-order valence-electron chi connectivity index (χ2n) is 8.74. The molecular weight excluding hydrogens is 402 g/mol. The number of aliphatic hydroxyl groups is 1. The highest BCUT2D eigenvalue weighted by Gasteiger charge is 2.35. The maximum atomic E-state index is 13.8. The van der Waals surface area contributed by atoms with E-state index in [-0.39, 0.29) is 5.92 Å². The first-order valence-corrected chi connectivity index (χ1v) is 12.5. The van der Waals surface area contributed by atoms with E-state index in [1.54, 1.807) is 7.11 Å². The second kappa shape index (κ2) is 8.85. The number of aliphatic hydroxyl groups excluding tert-OH is 1. The summed E-state index contributed by atoms with van der Waals surface area (Å²) in [5, 5.41) is 16.3. The predicted molar refractivity (Wildman–Crippen MR) is 117 cm³/mol. The topological polar surface area (TPSA) is 82.4 Å². The van der Waals surface area contributed by atoms with Gasteiger partial charge in [0.15, 0.2) is 0 Å². The van der Waals surface area contributed by atoms with Crippen LogP contribution in [0.2, 0.25) is 0 Å². The van der Waals surface area contributed by atoms with E-state index in [2.05, 4.69) is 5.10 Å². The fraction of sp³-hybridized carbons (Fsp3) is 0.682. The molecule has 1 saturated carbocycles. The summed E-state index contributed by atoms with van der Waals surface area (Å²) in [5.41, 5.74) is 2.56. The molecule has 1 aromatic rings. The Morgan fingerprint density at radius 1 is 1.07 bits per heavy atom. The van der Waals surface area contributed by atoms with E-state index in [9.17, 15) is 13.5 Å². The highest BCUT2D eigenvalue weighted by Crippen LogP contribution is 2.43. The lowest BCUT2D eigenvalue weighted by Gasteiger charge is -2.32. The van der Waals surface area contributed by atoms with Gasteiger partial charge in [-0.25, -0.2) is 8.42 Å². The first-order valence-electron chi connectivity index (χ1n) is 11.1. The van der Waals surface area contributed by atoms with Gasteiger partial charge in [0, 0.05) is 44.2 Å². The third-order valence-corrected chi connectivity index (χ3v) is 8.61. The minimum Gasteiger partial charge on any atom is -0.496 e. The number of sulfonamides is 1. The quantitative estimate of drug-likeness (QED) is 0.769. The van der Waals surface area contributed by atoms with Gasteiger partial charge in [-0.2, -0.15) is 9.41 Å². The van der Waals surface area contributed by atoms with Crippen molar-refractivity contribution in [2.24, 2.45) is 5.10 Å². The molecular formula is C22H33N3O4S. The number of piperidine rings is 1. The van der Waals surface area contributed by atoms with Crippen molar-refractivity contribution in [1.82, 2.24) is 9.31 Å². The summed E-state index contributed by atoms with van der Waals surface area (Å²) in [7, 11) is -0.135. The molecule has 7 nitrogen and oxygen atoms in total. The zero-order chi connectivity index (χ0) is 21.3. The van der Waals surface area contributed by atoms with Gasteiger partial charge < -0.3 is 9.84 Å². The average molecular weight is 436 g/mol. The molecule has 2 heterocycles. The Hall–Kier alpha value is -1.64. The van der Waals surface area contributed by atoms with Gasteiger partial charge in [0.25, 0.3) is 0 Å². The Morgan fingerprint density at radius 2 is 1.77 bits per heavy atom. The molecule has 8 heteroatoms. The first kappa shape index (κ1) is 21.6. The number of hydrogen-bond donors (Lipinski definition) is 1. The summed E-state index contributed by atoms with van der Waals surface area (Å²) < 4.78 is 34.9. The fourth-order valence-corrected chi connectivity index (χ4v) is 6.73. The minimum absolute atomic E-state index is 0.191. The van der Waals surface area contributed by atoms with Crippen molar-refractivity contribution < 1.29 is 18.3 Å². The number of hydrogen-bond acceptors (Lipinski definition) is 6. The fourth-order valence-electron chi connectivity index (χ4n) is 4.94. The molecule has 0 bridgehead atoms. The summed E-state index contributed by atoms with van der Waals surface area (Å²) in [6.45, 7) is 1.53. The molecule has 3 aliphatic rings. The van der Waals surface area contributed by atoms with Crippen molar-refractivity contribution in [3.63, 3.8) is 0 Å². The van der Waals surface area contributed by atoms with Crippen LogP contribution in [0, 0.1) is 0 Å². The minimum atomic E-state index is -3.69. The van der Waals surface area contributed by atoms with E-state index in [1.165, 1.54) is 10.7 Å². The van der Waals surface area contributed by atoms with Crippen LogP contribution in [-0.2, 0) is 10.0 Å². The summed E-state index contributed by atoms with van der Waals surface area (Å²) in [6, 6.07) is 3.80. The SMILES string of the molecule is COc1cc(C2=NN(C)CC2)cc(S(=O)(=O)N2CCC(O)CC2)c1C1CCCCC1. The Balaban J connectivity index is 1.83. The van der Waals surface area contributed by atoms with Crippen molar-refractivity contribution in [1.29, 1.82) is 0 Å². The molecule has 0 atom stereocenters. The van der Waals surface area contributed by atoms with Gasteiger partial charge in [0.2, 0.25) is 10.0 Å². The molecule has 1 aliphatic carbocycles. The van der Waals surface area contributed by atoms with Gasteiger partial charge in [-0.15, -0.1) is 0 Å². The summed E-state index contributed by atoms with van der Waals surface area (Å²) in [6.07, 6.45) is 6.73. The van der Waals surface area contributed by atoms with Gasteiger partial charge in [0.05, 0.1) is 23.8 Å². The Bertz CT molecular complexity index is 901. The molecule has 0 aromatic heterocycles. The molecule has 0 spiro atoms. The second-order valence-corrected chi connectivity index (χ2v) is 10.6. The summed E-state index contributed by atoms with van der Waals surface area (Å²) in [5.74, 6) is 0.850. The number of hydrazone groups is 1.